The van der Waals surface area contributed by atoms with Gasteiger partial charge in [0.15, 0.2) is 0 Å². The molecular formula is C23H26Si2. The van der Waals surface area contributed by atoms with E-state index < -0.39 is 16.1 Å². The highest BCUT2D eigenvalue weighted by atomic mass is 28.3. The Hall–Kier alpha value is -1.91. The van der Waals surface area contributed by atoms with Gasteiger partial charge in [0.25, 0.3) is 0 Å². The molecule has 0 saturated carbocycles. The standard InChI is InChI=1S/C23H26Si2/c1-17-14-15-22-23(16-17)25(4,5)21-13-9-7-11-19(21)18-10-6-8-12-20(18)24(22,2)3/h6-16H,1-5H3. The lowest BCUT2D eigenvalue weighted by Crippen LogP contribution is -2.69. The van der Waals surface area contributed by atoms with Crippen LogP contribution >= 0.6 is 0 Å². The molecule has 0 bridgehead atoms. The maximum atomic E-state index is 2.53. The molecule has 0 saturated heterocycles. The second kappa shape index (κ2) is 5.55. The first kappa shape index (κ1) is 16.6. The molecular weight excluding hydrogens is 332 g/mol. The third-order valence-electron chi connectivity index (χ3n) is 6.01. The van der Waals surface area contributed by atoms with Gasteiger partial charge in [-0.05, 0) is 28.4 Å². The average molecular weight is 359 g/mol. The first-order valence-electron chi connectivity index (χ1n) is 9.14. The first-order valence-corrected chi connectivity index (χ1v) is 15.1. The third kappa shape index (κ3) is 2.39. The predicted molar refractivity (Wildman–Crippen MR) is 117 cm³/mol. The zero-order valence-corrected chi connectivity index (χ0v) is 17.9. The monoisotopic (exact) mass is 358 g/mol. The summed E-state index contributed by atoms with van der Waals surface area (Å²) in [6, 6.07) is 25.5. The summed E-state index contributed by atoms with van der Waals surface area (Å²) in [5, 5.41) is 6.42. The fourth-order valence-electron chi connectivity index (χ4n) is 4.54. The van der Waals surface area contributed by atoms with Crippen LogP contribution in [0.25, 0.3) is 11.1 Å². The van der Waals surface area contributed by atoms with Gasteiger partial charge in [-0.2, -0.15) is 0 Å². The van der Waals surface area contributed by atoms with Crippen LogP contribution in [0.4, 0.5) is 0 Å². The van der Waals surface area contributed by atoms with Gasteiger partial charge >= 0.3 is 0 Å². The van der Waals surface area contributed by atoms with Crippen molar-refractivity contribution in [1.82, 2.24) is 0 Å². The molecule has 0 unspecified atom stereocenters. The summed E-state index contributed by atoms with van der Waals surface area (Å²) in [6.07, 6.45) is 0. The van der Waals surface area contributed by atoms with Gasteiger partial charge in [-0.1, -0.05) is 109 Å². The van der Waals surface area contributed by atoms with Crippen molar-refractivity contribution < 1.29 is 0 Å². The molecule has 0 nitrogen and oxygen atoms in total. The lowest BCUT2D eigenvalue weighted by atomic mass is 10.1. The van der Waals surface area contributed by atoms with Crippen LogP contribution in [0.2, 0.25) is 26.2 Å². The zero-order chi connectivity index (χ0) is 17.8. The van der Waals surface area contributed by atoms with Crippen LogP contribution in [0.1, 0.15) is 5.56 Å². The van der Waals surface area contributed by atoms with Gasteiger partial charge < -0.3 is 0 Å². The third-order valence-corrected chi connectivity index (χ3v) is 13.4. The number of benzene rings is 3. The van der Waals surface area contributed by atoms with Crippen LogP contribution in [-0.4, -0.2) is 16.1 Å². The summed E-state index contributed by atoms with van der Waals surface area (Å²) in [6.45, 7) is 12.3. The number of hydrogen-bond acceptors (Lipinski definition) is 0. The molecule has 1 aliphatic heterocycles. The highest BCUT2D eigenvalue weighted by Gasteiger charge is 2.40. The first-order chi connectivity index (χ1) is 11.8. The van der Waals surface area contributed by atoms with Gasteiger partial charge in [-0.3, -0.25) is 0 Å². The van der Waals surface area contributed by atoms with Gasteiger partial charge in [-0.25, -0.2) is 0 Å². The van der Waals surface area contributed by atoms with Crippen molar-refractivity contribution in [3.05, 3.63) is 72.3 Å². The van der Waals surface area contributed by atoms with Gasteiger partial charge in [0, 0.05) is 0 Å². The van der Waals surface area contributed by atoms with Crippen molar-refractivity contribution in [2.45, 2.75) is 33.1 Å². The van der Waals surface area contributed by atoms with Crippen molar-refractivity contribution >= 4 is 36.9 Å². The minimum atomic E-state index is -1.77. The molecule has 0 fully saturated rings. The maximum Gasteiger partial charge on any atom is 0.112 e. The van der Waals surface area contributed by atoms with E-state index in [4.69, 9.17) is 0 Å². The van der Waals surface area contributed by atoms with E-state index in [1.165, 1.54) is 16.7 Å². The number of aryl methyl sites for hydroxylation is 1. The molecule has 25 heavy (non-hydrogen) atoms. The van der Waals surface area contributed by atoms with Crippen LogP contribution in [0.15, 0.2) is 66.7 Å². The Bertz CT molecular complexity index is 967. The lowest BCUT2D eigenvalue weighted by Gasteiger charge is -2.38. The van der Waals surface area contributed by atoms with E-state index in [1.54, 1.807) is 20.7 Å². The topological polar surface area (TPSA) is 0 Å². The van der Waals surface area contributed by atoms with Gasteiger partial charge in [0.2, 0.25) is 0 Å². The van der Waals surface area contributed by atoms with Gasteiger partial charge in [0.05, 0.1) is 0 Å². The molecule has 3 aromatic rings. The number of hydrogen-bond donors (Lipinski definition) is 0. The van der Waals surface area contributed by atoms with Gasteiger partial charge in [0.1, 0.15) is 16.1 Å². The van der Waals surface area contributed by atoms with Crippen LogP contribution in [0.3, 0.4) is 0 Å². The largest absolute Gasteiger partial charge is 0.112 e. The lowest BCUT2D eigenvalue weighted by molar-refractivity contribution is 1.49. The van der Waals surface area contributed by atoms with Crippen molar-refractivity contribution in [3.63, 3.8) is 0 Å². The summed E-state index contributed by atoms with van der Waals surface area (Å²) in [5.74, 6) is 0. The van der Waals surface area contributed by atoms with Crippen LogP contribution < -0.4 is 20.7 Å². The summed E-state index contributed by atoms with van der Waals surface area (Å²) < 4.78 is 0. The number of rotatable bonds is 0. The smallest absolute Gasteiger partial charge is 0.0624 e. The van der Waals surface area contributed by atoms with E-state index in [-0.39, 0.29) is 0 Å². The molecule has 4 rings (SSSR count). The summed E-state index contributed by atoms with van der Waals surface area (Å²) >= 11 is 0. The van der Waals surface area contributed by atoms with Crippen LogP contribution in [0, 0.1) is 6.92 Å². The molecule has 1 heterocycles. The zero-order valence-electron chi connectivity index (χ0n) is 15.9. The Balaban J connectivity index is 2.21. The molecule has 0 atom stereocenters. The highest BCUT2D eigenvalue weighted by molar-refractivity contribution is 7.10. The van der Waals surface area contributed by atoms with Crippen molar-refractivity contribution in [2.24, 2.45) is 0 Å². The molecule has 0 radical (unpaired) electrons. The second-order valence-corrected chi connectivity index (χ2v) is 17.0. The summed E-state index contributed by atoms with van der Waals surface area (Å²) in [7, 11) is -3.53. The Morgan fingerprint density at radius 1 is 0.520 bits per heavy atom. The summed E-state index contributed by atoms with van der Waals surface area (Å²) in [5.41, 5.74) is 4.31. The van der Waals surface area contributed by atoms with Crippen LogP contribution in [-0.2, 0) is 0 Å². The molecule has 2 heteroatoms. The Morgan fingerprint density at radius 2 is 1.00 bits per heavy atom. The minimum absolute atomic E-state index is 1.38. The van der Waals surface area contributed by atoms with E-state index in [0.717, 1.165) is 0 Å². The van der Waals surface area contributed by atoms with Crippen molar-refractivity contribution in [1.29, 1.82) is 0 Å². The SMILES string of the molecule is Cc1ccc2c(c1)[Si](C)(C)c1ccccc1-c1ccccc1[Si]2(C)C. The molecule has 3 aromatic carbocycles. The van der Waals surface area contributed by atoms with Crippen molar-refractivity contribution in [2.75, 3.05) is 0 Å². The maximum absolute atomic E-state index is 2.53. The van der Waals surface area contributed by atoms with E-state index in [0.29, 0.717) is 0 Å². The fraction of sp³-hybridized carbons (Fsp3) is 0.217. The second-order valence-electron chi connectivity index (χ2n) is 8.39. The molecule has 0 spiro atoms. The van der Waals surface area contributed by atoms with Crippen molar-refractivity contribution in [3.8, 4) is 11.1 Å². The molecule has 126 valence electrons. The molecule has 1 aliphatic rings. The van der Waals surface area contributed by atoms with E-state index in [1.807, 2.05) is 0 Å². The van der Waals surface area contributed by atoms with Gasteiger partial charge in [-0.15, -0.1) is 0 Å². The predicted octanol–water partition coefficient (Wildman–Crippen LogP) is 3.62. The molecule has 0 aromatic heterocycles. The normalized spacial score (nSPS) is 16.8. The molecule has 0 aliphatic carbocycles. The summed E-state index contributed by atoms with van der Waals surface area (Å²) in [4.78, 5) is 0. The van der Waals surface area contributed by atoms with E-state index in [9.17, 15) is 0 Å². The Kier molecular flexibility index (Phi) is 3.67. The van der Waals surface area contributed by atoms with Crippen LogP contribution in [0.5, 0.6) is 0 Å². The highest BCUT2D eigenvalue weighted by Crippen LogP contribution is 2.24. The number of fused-ring (bicyclic) bond motifs is 4. The molecule has 0 amide bonds. The fourth-order valence-corrected chi connectivity index (χ4v) is 12.4. The quantitative estimate of drug-likeness (QED) is 0.539. The minimum Gasteiger partial charge on any atom is -0.0624 e. The molecule has 0 N–H and O–H groups in total. The average Bonchev–Trinajstić information content (AvgIpc) is 2.61. The van der Waals surface area contributed by atoms with E-state index >= 15 is 0 Å². The Labute approximate surface area is 153 Å². The van der Waals surface area contributed by atoms with E-state index in [2.05, 4.69) is 99.8 Å². The Morgan fingerprint density at radius 3 is 1.56 bits per heavy atom.